The lowest BCUT2D eigenvalue weighted by molar-refractivity contribution is 0.163. The zero-order chi connectivity index (χ0) is 28.4. The van der Waals surface area contributed by atoms with Crippen LogP contribution in [-0.2, 0) is 5.60 Å². The molecule has 4 nitrogen and oxygen atoms in total. The Hall–Kier alpha value is -4.70. The van der Waals surface area contributed by atoms with Gasteiger partial charge in [0.25, 0.3) is 0 Å². The molecule has 1 aliphatic heterocycles. The number of ether oxygens (including phenoxy) is 3. The predicted octanol–water partition coefficient (Wildman–Crippen LogP) is 8.72. The minimum atomic E-state index is -0.818. The summed E-state index contributed by atoms with van der Waals surface area (Å²) in [6.07, 6.45) is 4.37. The van der Waals surface area contributed by atoms with Crippen molar-refractivity contribution in [2.45, 2.75) is 19.4 Å². The summed E-state index contributed by atoms with van der Waals surface area (Å²) in [6, 6.07) is 35.9. The second kappa shape index (κ2) is 11.1. The molecule has 0 aliphatic carbocycles. The van der Waals surface area contributed by atoms with E-state index in [0.29, 0.717) is 0 Å². The largest absolute Gasteiger partial charge is 0.497 e. The van der Waals surface area contributed by atoms with Crippen LogP contribution in [0.3, 0.4) is 0 Å². The van der Waals surface area contributed by atoms with Crippen LogP contribution in [0.1, 0.15) is 30.5 Å². The zero-order valence-corrected chi connectivity index (χ0v) is 24.1. The van der Waals surface area contributed by atoms with Crippen molar-refractivity contribution in [3.63, 3.8) is 0 Å². The van der Waals surface area contributed by atoms with Crippen LogP contribution >= 0.6 is 0 Å². The molecule has 0 N–H and O–H groups in total. The normalized spacial score (nSPS) is 13.4. The van der Waals surface area contributed by atoms with Crippen LogP contribution in [0.15, 0.2) is 109 Å². The Balaban J connectivity index is 1.50. The average molecular weight is 542 g/mol. The average Bonchev–Trinajstić information content (AvgIpc) is 3.05. The van der Waals surface area contributed by atoms with Gasteiger partial charge in [-0.3, -0.25) is 0 Å². The molecule has 0 saturated heterocycles. The molecule has 206 valence electrons. The molecular weight excluding hydrogens is 506 g/mol. The first-order chi connectivity index (χ1) is 20.1. The topological polar surface area (TPSA) is 30.9 Å². The molecule has 0 spiro atoms. The van der Waals surface area contributed by atoms with Gasteiger partial charge in [-0.15, -0.1) is 0 Å². The van der Waals surface area contributed by atoms with E-state index in [1.54, 1.807) is 14.2 Å². The number of hydrogen-bond donors (Lipinski definition) is 0. The third-order valence-corrected chi connectivity index (χ3v) is 8.13. The lowest BCUT2D eigenvalue weighted by Crippen LogP contribution is -2.34. The lowest BCUT2D eigenvalue weighted by atomic mass is 9.82. The van der Waals surface area contributed by atoms with Crippen molar-refractivity contribution >= 4 is 22.5 Å². The van der Waals surface area contributed by atoms with Crippen molar-refractivity contribution in [3.05, 3.63) is 126 Å². The van der Waals surface area contributed by atoms with E-state index >= 15 is 0 Å². The maximum atomic E-state index is 7.15. The summed E-state index contributed by atoms with van der Waals surface area (Å²) < 4.78 is 18.0. The SMILES string of the molecule is CCN(CC)c1ccc(-c2cc3c(c4ccccc24)OC(c2ccc(OC)cc2)(c2ccc(OC)cc2)C=C3)cc1. The van der Waals surface area contributed by atoms with Crippen LogP contribution in [0, 0.1) is 0 Å². The van der Waals surface area contributed by atoms with Crippen molar-refractivity contribution in [1.82, 2.24) is 0 Å². The second-order valence-electron chi connectivity index (χ2n) is 10.2. The van der Waals surface area contributed by atoms with Gasteiger partial charge in [-0.25, -0.2) is 0 Å². The van der Waals surface area contributed by atoms with E-state index in [1.165, 1.54) is 16.8 Å². The standard InChI is InChI=1S/C37H35NO3/c1-5-38(6-2)30-17-11-26(12-18-30)35-25-27-23-24-37(28-13-19-31(39-3)20-14-28,29-15-21-32(40-4)22-16-29)41-36(27)34-10-8-7-9-33(34)35/h7-25H,5-6H2,1-4H3. The van der Waals surface area contributed by atoms with Gasteiger partial charge in [0.1, 0.15) is 17.2 Å². The van der Waals surface area contributed by atoms with Gasteiger partial charge in [0, 0.05) is 40.9 Å². The van der Waals surface area contributed by atoms with Gasteiger partial charge in [-0.05, 0) is 78.9 Å². The van der Waals surface area contributed by atoms with Crippen LogP contribution in [0.4, 0.5) is 5.69 Å². The number of nitrogens with zero attached hydrogens (tertiary/aromatic N) is 1. The van der Waals surface area contributed by atoms with E-state index in [2.05, 4.69) is 110 Å². The molecule has 1 heterocycles. The monoisotopic (exact) mass is 541 g/mol. The molecule has 0 fully saturated rings. The first kappa shape index (κ1) is 26.5. The van der Waals surface area contributed by atoms with Gasteiger partial charge in [0.05, 0.1) is 14.2 Å². The van der Waals surface area contributed by atoms with Crippen LogP contribution in [0.2, 0.25) is 0 Å². The van der Waals surface area contributed by atoms with Crippen molar-refractivity contribution in [2.75, 3.05) is 32.2 Å². The Labute approximate surface area is 242 Å². The summed E-state index contributed by atoms with van der Waals surface area (Å²) >= 11 is 0. The van der Waals surface area contributed by atoms with Gasteiger partial charge in [-0.2, -0.15) is 0 Å². The molecule has 0 radical (unpaired) electrons. The van der Waals surface area contributed by atoms with Gasteiger partial charge in [0.15, 0.2) is 5.60 Å². The molecule has 5 aromatic rings. The minimum absolute atomic E-state index is 0.806. The predicted molar refractivity (Wildman–Crippen MR) is 169 cm³/mol. The smallest absolute Gasteiger partial charge is 0.178 e. The van der Waals surface area contributed by atoms with Crippen molar-refractivity contribution < 1.29 is 14.2 Å². The van der Waals surface area contributed by atoms with E-state index in [1.807, 2.05) is 24.3 Å². The molecule has 0 saturated carbocycles. The van der Waals surface area contributed by atoms with E-state index in [4.69, 9.17) is 14.2 Å². The van der Waals surface area contributed by atoms with E-state index < -0.39 is 5.60 Å². The minimum Gasteiger partial charge on any atom is -0.497 e. The summed E-state index contributed by atoms with van der Waals surface area (Å²) in [5.41, 5.74) is 5.91. The van der Waals surface area contributed by atoms with Crippen molar-refractivity contribution in [3.8, 4) is 28.4 Å². The first-order valence-electron chi connectivity index (χ1n) is 14.2. The Bertz CT molecular complexity index is 1640. The molecule has 0 atom stereocenters. The van der Waals surface area contributed by atoms with E-state index in [9.17, 15) is 0 Å². The van der Waals surface area contributed by atoms with Crippen LogP contribution in [-0.4, -0.2) is 27.3 Å². The Morgan fingerprint density at radius 1 is 0.683 bits per heavy atom. The van der Waals surface area contributed by atoms with Crippen molar-refractivity contribution in [1.29, 1.82) is 0 Å². The third kappa shape index (κ3) is 4.70. The van der Waals surface area contributed by atoms with Crippen molar-refractivity contribution in [2.24, 2.45) is 0 Å². The molecular formula is C37H35NO3. The summed E-state index contributed by atoms with van der Waals surface area (Å²) in [7, 11) is 3.37. The zero-order valence-electron chi connectivity index (χ0n) is 24.1. The highest BCUT2D eigenvalue weighted by Crippen LogP contribution is 2.47. The maximum Gasteiger partial charge on any atom is 0.178 e. The molecule has 41 heavy (non-hydrogen) atoms. The molecule has 0 unspecified atom stereocenters. The van der Waals surface area contributed by atoms with Gasteiger partial charge < -0.3 is 19.1 Å². The fourth-order valence-corrected chi connectivity index (χ4v) is 5.84. The Morgan fingerprint density at radius 2 is 1.24 bits per heavy atom. The number of rotatable bonds is 8. The van der Waals surface area contributed by atoms with Crippen LogP contribution in [0.25, 0.3) is 28.0 Å². The Morgan fingerprint density at radius 3 is 1.78 bits per heavy atom. The number of anilines is 1. The third-order valence-electron chi connectivity index (χ3n) is 8.13. The molecule has 4 heteroatoms. The molecule has 1 aliphatic rings. The molecule has 0 aromatic heterocycles. The molecule has 0 bridgehead atoms. The second-order valence-corrected chi connectivity index (χ2v) is 10.2. The highest BCUT2D eigenvalue weighted by atomic mass is 16.5. The maximum absolute atomic E-state index is 7.15. The number of benzene rings is 5. The van der Waals surface area contributed by atoms with E-state index in [0.717, 1.165) is 57.8 Å². The number of fused-ring (bicyclic) bond motifs is 3. The first-order valence-corrected chi connectivity index (χ1v) is 14.2. The highest BCUT2D eigenvalue weighted by Gasteiger charge is 2.38. The van der Waals surface area contributed by atoms with Gasteiger partial charge in [-0.1, -0.05) is 66.7 Å². The summed E-state index contributed by atoms with van der Waals surface area (Å²) in [6.45, 7) is 6.37. The fraction of sp³-hybridized carbons (Fsp3) is 0.189. The van der Waals surface area contributed by atoms with Gasteiger partial charge >= 0.3 is 0 Å². The highest BCUT2D eigenvalue weighted by molar-refractivity contribution is 6.03. The number of methoxy groups -OCH3 is 2. The summed E-state index contributed by atoms with van der Waals surface area (Å²) in [4.78, 5) is 2.36. The summed E-state index contributed by atoms with van der Waals surface area (Å²) in [5, 5.41) is 2.25. The van der Waals surface area contributed by atoms with Crippen LogP contribution in [0.5, 0.6) is 17.2 Å². The summed E-state index contributed by atoms with van der Waals surface area (Å²) in [5.74, 6) is 2.49. The lowest BCUT2D eigenvalue weighted by Gasteiger charge is -2.37. The van der Waals surface area contributed by atoms with Crippen LogP contribution < -0.4 is 19.1 Å². The Kier molecular flexibility index (Phi) is 7.15. The quantitative estimate of drug-likeness (QED) is 0.197. The fourth-order valence-electron chi connectivity index (χ4n) is 5.84. The number of hydrogen-bond acceptors (Lipinski definition) is 4. The molecule has 0 amide bonds. The molecule has 6 rings (SSSR count). The molecule has 5 aromatic carbocycles. The van der Waals surface area contributed by atoms with E-state index in [-0.39, 0.29) is 0 Å². The van der Waals surface area contributed by atoms with Gasteiger partial charge in [0.2, 0.25) is 0 Å².